The Labute approximate surface area is 293 Å². The van der Waals surface area contributed by atoms with Gasteiger partial charge in [0, 0.05) is 26.3 Å². The second kappa shape index (κ2) is 10.9. The van der Waals surface area contributed by atoms with Gasteiger partial charge in [-0.15, -0.1) is 0 Å². The molecule has 9 aromatic rings. The Morgan fingerprint density at radius 3 is 1.84 bits per heavy atom. The van der Waals surface area contributed by atoms with Gasteiger partial charge in [0.15, 0.2) is 0 Å². The summed E-state index contributed by atoms with van der Waals surface area (Å²) in [5.41, 5.74) is 13.3. The average molecular weight is 689 g/mol. The fraction of sp³-hybridized carbons (Fsp3) is 0.0213. The highest BCUT2D eigenvalue weighted by atomic mass is 79.9. The molecule has 230 valence electrons. The zero-order chi connectivity index (χ0) is 32.5. The molecule has 1 aromatic heterocycles. The van der Waals surface area contributed by atoms with Gasteiger partial charge >= 0.3 is 0 Å². The maximum Gasteiger partial charge on any atom is 0.0713 e. The Morgan fingerprint density at radius 2 is 1.06 bits per heavy atom. The number of rotatable bonds is 4. The standard InChI is InChI=1S/C47H30BrN/c48-44-22-12-10-18-36(44)32-24-26-39-40-27-23-31-13-7-8-19-37(31)46(40)49(45(39)29-32)35-25-28-43-41(30-35)38-20-9-11-21-42(38)47(43,33-14-3-1-4-15-33)34-16-5-2-6-17-34/h1-30H. The number of hydrogen-bond donors (Lipinski definition) is 0. The van der Waals surface area contributed by atoms with Crippen LogP contribution in [0.3, 0.4) is 0 Å². The maximum atomic E-state index is 3.82. The lowest BCUT2D eigenvalue weighted by Crippen LogP contribution is -2.28. The minimum atomic E-state index is -0.423. The van der Waals surface area contributed by atoms with Crippen molar-refractivity contribution in [3.05, 3.63) is 209 Å². The number of aromatic nitrogens is 1. The number of benzene rings is 8. The summed E-state index contributed by atoms with van der Waals surface area (Å²) in [4.78, 5) is 0. The summed E-state index contributed by atoms with van der Waals surface area (Å²) in [7, 11) is 0. The van der Waals surface area contributed by atoms with E-state index in [-0.39, 0.29) is 0 Å². The molecule has 0 N–H and O–H groups in total. The summed E-state index contributed by atoms with van der Waals surface area (Å²) in [5, 5.41) is 5.00. The normalized spacial score (nSPS) is 13.2. The van der Waals surface area contributed by atoms with Crippen molar-refractivity contribution in [3.8, 4) is 27.9 Å². The van der Waals surface area contributed by atoms with Gasteiger partial charge in [0.05, 0.1) is 16.4 Å². The fourth-order valence-corrected chi connectivity index (χ4v) is 9.00. The first kappa shape index (κ1) is 28.3. The first-order valence-electron chi connectivity index (χ1n) is 16.8. The van der Waals surface area contributed by atoms with Gasteiger partial charge in [-0.1, -0.05) is 174 Å². The maximum absolute atomic E-state index is 3.82. The van der Waals surface area contributed by atoms with Crippen molar-refractivity contribution in [3.63, 3.8) is 0 Å². The molecule has 1 aliphatic rings. The van der Waals surface area contributed by atoms with E-state index in [1.165, 1.54) is 77.1 Å². The van der Waals surface area contributed by atoms with Crippen LogP contribution in [-0.4, -0.2) is 4.57 Å². The van der Waals surface area contributed by atoms with Gasteiger partial charge < -0.3 is 4.57 Å². The number of hydrogen-bond acceptors (Lipinski definition) is 0. The first-order valence-corrected chi connectivity index (χ1v) is 17.6. The third kappa shape index (κ3) is 4.05. The summed E-state index contributed by atoms with van der Waals surface area (Å²) >= 11 is 3.82. The van der Waals surface area contributed by atoms with E-state index in [4.69, 9.17) is 0 Å². The van der Waals surface area contributed by atoms with Gasteiger partial charge in [-0.2, -0.15) is 0 Å². The average Bonchev–Trinajstić information content (AvgIpc) is 3.66. The summed E-state index contributed by atoms with van der Waals surface area (Å²) in [6.45, 7) is 0. The molecule has 0 fully saturated rings. The van der Waals surface area contributed by atoms with Crippen molar-refractivity contribution in [1.29, 1.82) is 0 Å². The molecule has 0 bridgehead atoms. The highest BCUT2D eigenvalue weighted by Gasteiger charge is 2.46. The van der Waals surface area contributed by atoms with Crippen molar-refractivity contribution in [2.45, 2.75) is 5.41 Å². The molecule has 0 saturated carbocycles. The van der Waals surface area contributed by atoms with E-state index in [1.54, 1.807) is 0 Å². The number of halogens is 1. The predicted molar refractivity (Wildman–Crippen MR) is 209 cm³/mol. The van der Waals surface area contributed by atoms with E-state index >= 15 is 0 Å². The Bertz CT molecular complexity index is 2680. The van der Waals surface area contributed by atoms with Gasteiger partial charge in [-0.3, -0.25) is 0 Å². The molecule has 0 saturated heterocycles. The number of fused-ring (bicyclic) bond motifs is 8. The molecule has 1 aliphatic carbocycles. The lowest BCUT2D eigenvalue weighted by atomic mass is 9.68. The van der Waals surface area contributed by atoms with Crippen LogP contribution in [0.5, 0.6) is 0 Å². The first-order chi connectivity index (χ1) is 24.2. The summed E-state index contributed by atoms with van der Waals surface area (Å²) < 4.78 is 3.59. The largest absolute Gasteiger partial charge is 0.309 e. The Balaban J connectivity index is 1.31. The van der Waals surface area contributed by atoms with Crippen LogP contribution >= 0.6 is 15.9 Å². The summed E-state index contributed by atoms with van der Waals surface area (Å²) in [6, 6.07) is 67.0. The van der Waals surface area contributed by atoms with Crippen LogP contribution < -0.4 is 0 Å². The smallest absolute Gasteiger partial charge is 0.0713 e. The molecule has 0 aliphatic heterocycles. The quantitative estimate of drug-likeness (QED) is 0.173. The van der Waals surface area contributed by atoms with Crippen LogP contribution in [0.25, 0.3) is 60.5 Å². The van der Waals surface area contributed by atoms with Crippen LogP contribution in [0.15, 0.2) is 186 Å². The van der Waals surface area contributed by atoms with E-state index < -0.39 is 5.41 Å². The van der Waals surface area contributed by atoms with Crippen molar-refractivity contribution < 1.29 is 0 Å². The minimum absolute atomic E-state index is 0.423. The monoisotopic (exact) mass is 687 g/mol. The third-order valence-electron chi connectivity index (χ3n) is 10.5. The molecule has 1 heterocycles. The van der Waals surface area contributed by atoms with Crippen LogP contribution in [0.1, 0.15) is 22.3 Å². The second-order valence-corrected chi connectivity index (χ2v) is 13.8. The molecular formula is C47H30BrN. The highest BCUT2D eigenvalue weighted by Crippen LogP contribution is 2.56. The lowest BCUT2D eigenvalue weighted by Gasteiger charge is -2.33. The Hall–Kier alpha value is -5.70. The second-order valence-electron chi connectivity index (χ2n) is 13.0. The van der Waals surface area contributed by atoms with Gasteiger partial charge in [0.2, 0.25) is 0 Å². The van der Waals surface area contributed by atoms with E-state index in [1.807, 2.05) is 0 Å². The van der Waals surface area contributed by atoms with Gasteiger partial charge in [-0.25, -0.2) is 0 Å². The van der Waals surface area contributed by atoms with E-state index in [9.17, 15) is 0 Å². The third-order valence-corrected chi connectivity index (χ3v) is 11.2. The molecule has 0 radical (unpaired) electrons. The molecule has 0 unspecified atom stereocenters. The molecule has 0 amide bonds. The van der Waals surface area contributed by atoms with E-state index in [0.29, 0.717) is 0 Å². The van der Waals surface area contributed by atoms with Crippen LogP contribution in [0.4, 0.5) is 0 Å². The lowest BCUT2D eigenvalue weighted by molar-refractivity contribution is 0.768. The SMILES string of the molecule is Brc1ccccc1-c1ccc2c3ccc4ccccc4c3n(-c3ccc4c(c3)-c3ccccc3C4(c3ccccc3)c3ccccc3)c2c1. The van der Waals surface area contributed by atoms with Crippen LogP contribution in [0.2, 0.25) is 0 Å². The Kier molecular flexibility index (Phi) is 6.31. The van der Waals surface area contributed by atoms with E-state index in [0.717, 1.165) is 10.2 Å². The van der Waals surface area contributed by atoms with Crippen LogP contribution in [0, 0.1) is 0 Å². The minimum Gasteiger partial charge on any atom is -0.309 e. The zero-order valence-electron chi connectivity index (χ0n) is 26.6. The highest BCUT2D eigenvalue weighted by molar-refractivity contribution is 9.10. The van der Waals surface area contributed by atoms with Crippen molar-refractivity contribution >= 4 is 48.5 Å². The Morgan fingerprint density at radius 1 is 0.429 bits per heavy atom. The van der Waals surface area contributed by atoms with Crippen LogP contribution in [-0.2, 0) is 5.41 Å². The molecule has 1 nitrogen and oxygen atoms in total. The summed E-state index contributed by atoms with van der Waals surface area (Å²) in [5.74, 6) is 0. The molecule has 8 aromatic carbocycles. The molecule has 49 heavy (non-hydrogen) atoms. The molecule has 2 heteroatoms. The van der Waals surface area contributed by atoms with Crippen molar-refractivity contribution in [2.75, 3.05) is 0 Å². The summed E-state index contributed by atoms with van der Waals surface area (Å²) in [6.07, 6.45) is 0. The number of nitrogens with zero attached hydrogens (tertiary/aromatic N) is 1. The molecular weight excluding hydrogens is 658 g/mol. The fourth-order valence-electron chi connectivity index (χ4n) is 8.49. The zero-order valence-corrected chi connectivity index (χ0v) is 28.2. The molecule has 0 spiro atoms. The predicted octanol–water partition coefficient (Wildman–Crippen LogP) is 12.7. The van der Waals surface area contributed by atoms with Gasteiger partial charge in [0.25, 0.3) is 0 Å². The molecule has 10 rings (SSSR count). The van der Waals surface area contributed by atoms with Crippen molar-refractivity contribution in [1.82, 2.24) is 4.57 Å². The molecule has 0 atom stereocenters. The van der Waals surface area contributed by atoms with Gasteiger partial charge in [-0.05, 0) is 74.2 Å². The van der Waals surface area contributed by atoms with Gasteiger partial charge in [0.1, 0.15) is 0 Å². The van der Waals surface area contributed by atoms with Crippen molar-refractivity contribution in [2.24, 2.45) is 0 Å². The van der Waals surface area contributed by atoms with E-state index in [2.05, 4.69) is 202 Å². The topological polar surface area (TPSA) is 4.93 Å².